The molecular formula is C15H22N2O3. The van der Waals surface area contributed by atoms with Gasteiger partial charge in [-0.3, -0.25) is 9.59 Å². The number of hydrogen-bond donors (Lipinski definition) is 2. The molecule has 0 aliphatic rings. The maximum Gasteiger partial charge on any atom is 0.308 e. The molecule has 0 aromatic heterocycles. The summed E-state index contributed by atoms with van der Waals surface area (Å²) >= 11 is 0. The van der Waals surface area contributed by atoms with Gasteiger partial charge in [-0.1, -0.05) is 30.3 Å². The van der Waals surface area contributed by atoms with Crippen LogP contribution >= 0.6 is 0 Å². The SMILES string of the molecule is CCOC(=O)CC(NC(=O)CCNC)c1ccccc1. The zero-order chi connectivity index (χ0) is 14.8. The lowest BCUT2D eigenvalue weighted by molar-refractivity contribution is -0.143. The van der Waals surface area contributed by atoms with Crippen LogP contribution in [0.25, 0.3) is 0 Å². The van der Waals surface area contributed by atoms with Crippen LogP contribution in [0.5, 0.6) is 0 Å². The van der Waals surface area contributed by atoms with Gasteiger partial charge in [0.25, 0.3) is 0 Å². The number of esters is 1. The maximum absolute atomic E-state index is 11.8. The van der Waals surface area contributed by atoms with Crippen LogP contribution in [0.15, 0.2) is 30.3 Å². The van der Waals surface area contributed by atoms with Crippen molar-refractivity contribution in [1.29, 1.82) is 0 Å². The Labute approximate surface area is 119 Å². The summed E-state index contributed by atoms with van der Waals surface area (Å²) in [6, 6.07) is 9.10. The van der Waals surface area contributed by atoms with Crippen molar-refractivity contribution in [3.63, 3.8) is 0 Å². The van der Waals surface area contributed by atoms with Crippen LogP contribution in [0.1, 0.15) is 31.4 Å². The number of carbonyl (C=O) groups is 2. The first-order chi connectivity index (χ1) is 9.67. The van der Waals surface area contributed by atoms with Crippen molar-refractivity contribution in [2.45, 2.75) is 25.8 Å². The first kappa shape index (κ1) is 16.2. The molecule has 1 atom stereocenters. The lowest BCUT2D eigenvalue weighted by Gasteiger charge is -2.18. The normalized spacial score (nSPS) is 11.7. The second-order valence-corrected chi connectivity index (χ2v) is 4.39. The molecule has 0 saturated carbocycles. The molecule has 5 heteroatoms. The van der Waals surface area contributed by atoms with Crippen molar-refractivity contribution in [2.75, 3.05) is 20.2 Å². The van der Waals surface area contributed by atoms with E-state index >= 15 is 0 Å². The average molecular weight is 278 g/mol. The Balaban J connectivity index is 2.69. The van der Waals surface area contributed by atoms with Crippen molar-refractivity contribution in [3.05, 3.63) is 35.9 Å². The number of ether oxygens (including phenoxy) is 1. The van der Waals surface area contributed by atoms with Gasteiger partial charge in [0, 0.05) is 13.0 Å². The molecule has 0 fully saturated rings. The van der Waals surface area contributed by atoms with Gasteiger partial charge in [-0.25, -0.2) is 0 Å². The molecule has 0 radical (unpaired) electrons. The van der Waals surface area contributed by atoms with E-state index in [-0.39, 0.29) is 24.3 Å². The standard InChI is InChI=1S/C15H22N2O3/c1-3-20-15(19)11-13(12-7-5-4-6-8-12)17-14(18)9-10-16-2/h4-8,13,16H,3,9-11H2,1-2H3,(H,17,18). The highest BCUT2D eigenvalue weighted by atomic mass is 16.5. The van der Waals surface area contributed by atoms with Crippen LogP contribution in [0, 0.1) is 0 Å². The van der Waals surface area contributed by atoms with E-state index in [2.05, 4.69) is 10.6 Å². The third-order valence-electron chi connectivity index (χ3n) is 2.82. The third-order valence-corrected chi connectivity index (χ3v) is 2.82. The summed E-state index contributed by atoms with van der Waals surface area (Å²) in [5.74, 6) is -0.396. The number of rotatable bonds is 8. The Morgan fingerprint density at radius 1 is 1.25 bits per heavy atom. The molecule has 5 nitrogen and oxygen atoms in total. The van der Waals surface area contributed by atoms with Gasteiger partial charge in [-0.15, -0.1) is 0 Å². The molecule has 0 heterocycles. The zero-order valence-electron chi connectivity index (χ0n) is 12.0. The van der Waals surface area contributed by atoms with E-state index in [0.29, 0.717) is 19.6 Å². The lowest BCUT2D eigenvalue weighted by Crippen LogP contribution is -2.32. The summed E-state index contributed by atoms with van der Waals surface area (Å²) in [6.07, 6.45) is 0.520. The third kappa shape index (κ3) is 5.84. The number of amides is 1. The molecule has 0 saturated heterocycles. The number of benzene rings is 1. The summed E-state index contributed by atoms with van der Waals surface area (Å²) in [5.41, 5.74) is 0.901. The average Bonchev–Trinajstić information content (AvgIpc) is 2.45. The molecule has 1 amide bonds. The maximum atomic E-state index is 11.8. The fourth-order valence-electron chi connectivity index (χ4n) is 1.83. The largest absolute Gasteiger partial charge is 0.466 e. The highest BCUT2D eigenvalue weighted by molar-refractivity contribution is 5.78. The topological polar surface area (TPSA) is 67.4 Å². The zero-order valence-corrected chi connectivity index (χ0v) is 12.0. The predicted molar refractivity (Wildman–Crippen MR) is 77.1 cm³/mol. The second kappa shape index (κ2) is 9.09. The molecule has 20 heavy (non-hydrogen) atoms. The second-order valence-electron chi connectivity index (χ2n) is 4.39. The molecule has 2 N–H and O–H groups in total. The fourth-order valence-corrected chi connectivity index (χ4v) is 1.83. The Bertz CT molecular complexity index is 420. The van der Waals surface area contributed by atoms with Gasteiger partial charge in [0.15, 0.2) is 0 Å². The van der Waals surface area contributed by atoms with Gasteiger partial charge in [-0.2, -0.15) is 0 Å². The Morgan fingerprint density at radius 3 is 2.55 bits per heavy atom. The molecule has 110 valence electrons. The monoisotopic (exact) mass is 278 g/mol. The smallest absolute Gasteiger partial charge is 0.308 e. The van der Waals surface area contributed by atoms with Gasteiger partial charge < -0.3 is 15.4 Å². The molecule has 1 rings (SSSR count). The Kier molecular flexibility index (Phi) is 7.35. The van der Waals surface area contributed by atoms with Crippen LogP contribution in [0.3, 0.4) is 0 Å². The molecule has 1 aromatic carbocycles. The minimum absolute atomic E-state index is 0.0856. The van der Waals surface area contributed by atoms with Crippen LogP contribution in [-0.4, -0.2) is 32.1 Å². The van der Waals surface area contributed by atoms with E-state index in [1.54, 1.807) is 14.0 Å². The summed E-state index contributed by atoms with van der Waals surface area (Å²) < 4.78 is 4.95. The molecule has 0 bridgehead atoms. The molecule has 1 unspecified atom stereocenters. The summed E-state index contributed by atoms with van der Waals surface area (Å²) in [5, 5.41) is 5.80. The van der Waals surface area contributed by atoms with E-state index in [4.69, 9.17) is 4.74 Å². The van der Waals surface area contributed by atoms with Crippen LogP contribution in [-0.2, 0) is 14.3 Å². The van der Waals surface area contributed by atoms with E-state index < -0.39 is 0 Å². The highest BCUT2D eigenvalue weighted by Gasteiger charge is 2.18. The van der Waals surface area contributed by atoms with Crippen LogP contribution < -0.4 is 10.6 Å². The predicted octanol–water partition coefficient (Wildman–Crippen LogP) is 1.41. The molecular weight excluding hydrogens is 256 g/mol. The number of carbonyl (C=O) groups excluding carboxylic acids is 2. The van der Waals surface area contributed by atoms with Crippen molar-refractivity contribution in [2.24, 2.45) is 0 Å². The van der Waals surface area contributed by atoms with Gasteiger partial charge in [0.1, 0.15) is 0 Å². The van der Waals surface area contributed by atoms with E-state index in [1.165, 1.54) is 0 Å². The van der Waals surface area contributed by atoms with Crippen molar-refractivity contribution < 1.29 is 14.3 Å². The fraction of sp³-hybridized carbons (Fsp3) is 0.467. The van der Waals surface area contributed by atoms with Gasteiger partial charge in [0.05, 0.1) is 19.1 Å². The Hall–Kier alpha value is -1.88. The minimum Gasteiger partial charge on any atom is -0.466 e. The van der Waals surface area contributed by atoms with Gasteiger partial charge in [0.2, 0.25) is 5.91 Å². The summed E-state index contributed by atoms with van der Waals surface area (Å²) in [4.78, 5) is 23.5. The first-order valence-electron chi connectivity index (χ1n) is 6.82. The van der Waals surface area contributed by atoms with E-state index in [0.717, 1.165) is 5.56 Å². The summed E-state index contributed by atoms with van der Waals surface area (Å²) in [6.45, 7) is 2.71. The molecule has 0 aliphatic heterocycles. The minimum atomic E-state index is -0.348. The molecule has 1 aromatic rings. The van der Waals surface area contributed by atoms with Crippen molar-refractivity contribution in [1.82, 2.24) is 10.6 Å². The lowest BCUT2D eigenvalue weighted by atomic mass is 10.0. The first-order valence-corrected chi connectivity index (χ1v) is 6.82. The molecule has 0 spiro atoms. The van der Waals surface area contributed by atoms with Gasteiger partial charge >= 0.3 is 5.97 Å². The number of nitrogens with one attached hydrogen (secondary N) is 2. The summed E-state index contributed by atoms with van der Waals surface area (Å²) in [7, 11) is 1.79. The van der Waals surface area contributed by atoms with Crippen molar-refractivity contribution in [3.8, 4) is 0 Å². The van der Waals surface area contributed by atoms with Crippen LogP contribution in [0.2, 0.25) is 0 Å². The van der Waals surface area contributed by atoms with E-state index in [9.17, 15) is 9.59 Å². The van der Waals surface area contributed by atoms with E-state index in [1.807, 2.05) is 30.3 Å². The highest BCUT2D eigenvalue weighted by Crippen LogP contribution is 2.17. The number of hydrogen-bond acceptors (Lipinski definition) is 4. The van der Waals surface area contributed by atoms with Crippen LogP contribution in [0.4, 0.5) is 0 Å². The Morgan fingerprint density at radius 2 is 1.95 bits per heavy atom. The quantitative estimate of drug-likeness (QED) is 0.706. The molecule has 0 aliphatic carbocycles. The van der Waals surface area contributed by atoms with Crippen molar-refractivity contribution >= 4 is 11.9 Å². The van der Waals surface area contributed by atoms with Gasteiger partial charge in [-0.05, 0) is 19.5 Å².